The molecule has 0 spiro atoms. The summed E-state index contributed by atoms with van der Waals surface area (Å²) in [6.07, 6.45) is 7.65. The summed E-state index contributed by atoms with van der Waals surface area (Å²) in [6.45, 7) is 6.01. The number of aryl methyl sites for hydroxylation is 2. The van der Waals surface area contributed by atoms with E-state index in [1.165, 1.54) is 38.5 Å². The third-order valence-electron chi connectivity index (χ3n) is 4.64. The van der Waals surface area contributed by atoms with Gasteiger partial charge in [0.1, 0.15) is 0 Å². The first kappa shape index (κ1) is 15.8. The summed E-state index contributed by atoms with van der Waals surface area (Å²) in [5.41, 5.74) is 2.96. The van der Waals surface area contributed by atoms with Crippen molar-refractivity contribution in [2.45, 2.75) is 65.3 Å². The number of nitro groups is 1. The molecule has 1 aliphatic carbocycles. The van der Waals surface area contributed by atoms with Crippen LogP contribution >= 0.6 is 0 Å². The zero-order valence-electron chi connectivity index (χ0n) is 13.3. The van der Waals surface area contributed by atoms with Gasteiger partial charge in [-0.1, -0.05) is 19.8 Å². The van der Waals surface area contributed by atoms with Crippen molar-refractivity contribution in [2.75, 3.05) is 5.32 Å². The molecule has 21 heavy (non-hydrogen) atoms. The molecule has 0 unspecified atom stereocenters. The van der Waals surface area contributed by atoms with Gasteiger partial charge >= 0.3 is 0 Å². The van der Waals surface area contributed by atoms with E-state index < -0.39 is 0 Å². The van der Waals surface area contributed by atoms with Crippen molar-refractivity contribution in [3.8, 4) is 0 Å². The lowest BCUT2D eigenvalue weighted by Gasteiger charge is -2.30. The summed E-state index contributed by atoms with van der Waals surface area (Å²) in [4.78, 5) is 10.7. The van der Waals surface area contributed by atoms with Gasteiger partial charge in [-0.3, -0.25) is 10.1 Å². The van der Waals surface area contributed by atoms with Gasteiger partial charge in [0, 0.05) is 23.4 Å². The second kappa shape index (κ2) is 6.92. The lowest BCUT2D eigenvalue weighted by atomic mass is 9.83. The summed E-state index contributed by atoms with van der Waals surface area (Å²) >= 11 is 0. The molecule has 116 valence electrons. The molecule has 0 radical (unpaired) electrons. The molecular formula is C17H26N2O2. The molecule has 1 aliphatic rings. The van der Waals surface area contributed by atoms with E-state index >= 15 is 0 Å². The van der Waals surface area contributed by atoms with Crippen LogP contribution in [-0.4, -0.2) is 11.0 Å². The fourth-order valence-corrected chi connectivity index (χ4v) is 3.38. The topological polar surface area (TPSA) is 55.2 Å². The maximum atomic E-state index is 11.0. The monoisotopic (exact) mass is 290 g/mol. The molecule has 4 heteroatoms. The van der Waals surface area contributed by atoms with Gasteiger partial charge in [-0.05, 0) is 57.1 Å². The molecule has 4 nitrogen and oxygen atoms in total. The normalized spacial score (nSPS) is 22.0. The Labute approximate surface area is 127 Å². The predicted octanol–water partition coefficient (Wildman–Crippen LogP) is 4.98. The molecule has 0 aliphatic heterocycles. The molecule has 0 amide bonds. The van der Waals surface area contributed by atoms with Gasteiger partial charge in [-0.2, -0.15) is 0 Å². The van der Waals surface area contributed by atoms with Crippen LogP contribution in [0.1, 0.15) is 56.6 Å². The molecule has 0 atom stereocenters. The number of hydrogen-bond acceptors (Lipinski definition) is 3. The minimum absolute atomic E-state index is 0.213. The Morgan fingerprint density at radius 3 is 2.43 bits per heavy atom. The molecule has 1 saturated carbocycles. The van der Waals surface area contributed by atoms with Crippen molar-refractivity contribution in [1.82, 2.24) is 0 Å². The number of nitrogens with zero attached hydrogens (tertiary/aromatic N) is 1. The Bertz CT molecular complexity index is 506. The lowest BCUT2D eigenvalue weighted by molar-refractivity contribution is -0.385. The van der Waals surface area contributed by atoms with Gasteiger partial charge in [0.2, 0.25) is 0 Å². The number of nitro benzene ring substituents is 1. The number of benzene rings is 1. The Morgan fingerprint density at radius 2 is 1.86 bits per heavy atom. The molecule has 2 rings (SSSR count). The molecule has 1 fully saturated rings. The average molecular weight is 290 g/mol. The van der Waals surface area contributed by atoms with Crippen LogP contribution in [0.2, 0.25) is 0 Å². The zero-order valence-corrected chi connectivity index (χ0v) is 13.3. The van der Waals surface area contributed by atoms with Gasteiger partial charge in [0.25, 0.3) is 5.69 Å². The van der Waals surface area contributed by atoms with E-state index in [1.54, 1.807) is 13.0 Å². The Hall–Kier alpha value is -1.58. The van der Waals surface area contributed by atoms with E-state index in [1.807, 2.05) is 13.0 Å². The van der Waals surface area contributed by atoms with E-state index in [0.29, 0.717) is 6.04 Å². The highest BCUT2D eigenvalue weighted by molar-refractivity contribution is 5.59. The van der Waals surface area contributed by atoms with E-state index in [2.05, 4.69) is 12.2 Å². The van der Waals surface area contributed by atoms with Crippen molar-refractivity contribution in [1.29, 1.82) is 0 Å². The van der Waals surface area contributed by atoms with Crippen molar-refractivity contribution in [3.63, 3.8) is 0 Å². The van der Waals surface area contributed by atoms with E-state index in [9.17, 15) is 10.1 Å². The first-order valence-electron chi connectivity index (χ1n) is 8.03. The van der Waals surface area contributed by atoms with Crippen LogP contribution in [0.15, 0.2) is 12.1 Å². The molecule has 0 heterocycles. The average Bonchev–Trinajstić information content (AvgIpc) is 2.44. The van der Waals surface area contributed by atoms with Crippen molar-refractivity contribution in [3.05, 3.63) is 33.4 Å². The van der Waals surface area contributed by atoms with Crippen molar-refractivity contribution in [2.24, 2.45) is 5.92 Å². The van der Waals surface area contributed by atoms with Crippen molar-refractivity contribution < 1.29 is 4.92 Å². The number of nitrogens with one attached hydrogen (secondary N) is 1. The summed E-state index contributed by atoms with van der Waals surface area (Å²) in [7, 11) is 0. The molecule has 0 bridgehead atoms. The first-order valence-corrected chi connectivity index (χ1v) is 8.03. The fraction of sp³-hybridized carbons (Fsp3) is 0.647. The fourth-order valence-electron chi connectivity index (χ4n) is 3.38. The number of hydrogen-bond donors (Lipinski definition) is 1. The minimum atomic E-state index is -0.304. The first-order chi connectivity index (χ1) is 10.0. The third kappa shape index (κ3) is 3.96. The van der Waals surface area contributed by atoms with Crippen LogP contribution in [-0.2, 0) is 0 Å². The predicted molar refractivity (Wildman–Crippen MR) is 86.8 cm³/mol. The van der Waals surface area contributed by atoms with Gasteiger partial charge in [-0.25, -0.2) is 0 Å². The van der Waals surface area contributed by atoms with Gasteiger partial charge in [0.05, 0.1) is 4.92 Å². The van der Waals surface area contributed by atoms with E-state index in [4.69, 9.17) is 0 Å². The van der Waals surface area contributed by atoms with Gasteiger partial charge in [-0.15, -0.1) is 0 Å². The second-order valence-corrected chi connectivity index (χ2v) is 6.36. The van der Waals surface area contributed by atoms with E-state index in [-0.39, 0.29) is 10.6 Å². The van der Waals surface area contributed by atoms with Crippen molar-refractivity contribution >= 4 is 11.4 Å². The quantitative estimate of drug-likeness (QED) is 0.614. The molecule has 0 saturated heterocycles. The SMILES string of the molecule is CCCC1CCC(Nc2cc(C)c([N+](=O)[O-])cc2C)CC1. The Morgan fingerprint density at radius 1 is 1.19 bits per heavy atom. The molecule has 1 N–H and O–H groups in total. The second-order valence-electron chi connectivity index (χ2n) is 6.36. The highest BCUT2D eigenvalue weighted by atomic mass is 16.6. The van der Waals surface area contributed by atoms with Crippen LogP contribution in [0, 0.1) is 29.9 Å². The standard InChI is InChI=1S/C17H26N2O2/c1-4-5-14-6-8-15(9-7-14)18-16-10-13(3)17(19(20)21)11-12(16)2/h10-11,14-15,18H,4-9H2,1-3H3. The molecular weight excluding hydrogens is 264 g/mol. The highest BCUT2D eigenvalue weighted by Gasteiger charge is 2.21. The molecule has 1 aromatic rings. The van der Waals surface area contributed by atoms with Crippen LogP contribution < -0.4 is 5.32 Å². The summed E-state index contributed by atoms with van der Waals surface area (Å²) in [5, 5.41) is 14.6. The molecule has 1 aromatic carbocycles. The smallest absolute Gasteiger partial charge is 0.272 e. The third-order valence-corrected chi connectivity index (χ3v) is 4.64. The highest BCUT2D eigenvalue weighted by Crippen LogP contribution is 2.32. The van der Waals surface area contributed by atoms with E-state index in [0.717, 1.165) is 22.7 Å². The number of anilines is 1. The lowest BCUT2D eigenvalue weighted by Crippen LogP contribution is -2.26. The van der Waals surface area contributed by atoms with Crippen LogP contribution in [0.4, 0.5) is 11.4 Å². The van der Waals surface area contributed by atoms with Crippen LogP contribution in [0.25, 0.3) is 0 Å². The Balaban J connectivity index is 2.01. The maximum absolute atomic E-state index is 11.0. The minimum Gasteiger partial charge on any atom is -0.382 e. The van der Waals surface area contributed by atoms with Gasteiger partial charge < -0.3 is 5.32 Å². The Kier molecular flexibility index (Phi) is 5.21. The van der Waals surface area contributed by atoms with Crippen LogP contribution in [0.3, 0.4) is 0 Å². The summed E-state index contributed by atoms with van der Waals surface area (Å²) in [6, 6.07) is 4.11. The largest absolute Gasteiger partial charge is 0.382 e. The summed E-state index contributed by atoms with van der Waals surface area (Å²) < 4.78 is 0. The maximum Gasteiger partial charge on any atom is 0.272 e. The zero-order chi connectivity index (χ0) is 15.4. The van der Waals surface area contributed by atoms with Gasteiger partial charge in [0.15, 0.2) is 0 Å². The van der Waals surface area contributed by atoms with Crippen LogP contribution in [0.5, 0.6) is 0 Å². The number of rotatable bonds is 5. The summed E-state index contributed by atoms with van der Waals surface area (Å²) in [5.74, 6) is 0.896. The molecule has 0 aromatic heterocycles.